The Morgan fingerprint density at radius 3 is 1.73 bits per heavy atom. The quantitative estimate of drug-likeness (QED) is 0.660. The Labute approximate surface area is 81.2 Å². The molecule has 0 aliphatic carbocycles. The molecule has 2 saturated heterocycles. The van der Waals surface area contributed by atoms with Crippen LogP contribution in [0.2, 0.25) is 11.6 Å². The molecule has 2 aliphatic heterocycles. The summed E-state index contributed by atoms with van der Waals surface area (Å²) in [5.74, 6) is 1.99. The molecular weight excluding hydrogens is 302 g/mol. The van der Waals surface area contributed by atoms with Crippen molar-refractivity contribution in [1.29, 1.82) is 0 Å². The van der Waals surface area contributed by atoms with Gasteiger partial charge in [0, 0.05) is 0 Å². The van der Waals surface area contributed by atoms with E-state index in [0.29, 0.717) is 0 Å². The van der Waals surface area contributed by atoms with Gasteiger partial charge in [-0.05, 0) is 0 Å². The van der Waals surface area contributed by atoms with Crippen molar-refractivity contribution < 1.29 is 20.9 Å². The third kappa shape index (κ3) is 1.54. The van der Waals surface area contributed by atoms with Crippen molar-refractivity contribution in [1.82, 2.24) is 0 Å². The predicted octanol–water partition coefficient (Wildman–Crippen LogP) is 2.82. The summed E-state index contributed by atoms with van der Waals surface area (Å²) in [5, 5.41) is 0. The van der Waals surface area contributed by atoms with Crippen LogP contribution >= 0.6 is 0 Å². The number of hydrogen-bond donors (Lipinski definition) is 0. The van der Waals surface area contributed by atoms with Gasteiger partial charge in [0.2, 0.25) is 0 Å². The Morgan fingerprint density at radius 1 is 1.00 bits per heavy atom. The van der Waals surface area contributed by atoms with Crippen LogP contribution < -0.4 is 0 Å². The third-order valence-corrected chi connectivity index (χ3v) is 4.36. The van der Waals surface area contributed by atoms with Gasteiger partial charge in [-0.3, -0.25) is 0 Å². The molecule has 0 aromatic heterocycles. The van der Waals surface area contributed by atoms with E-state index in [9.17, 15) is 0 Å². The molecule has 0 atom stereocenters. The van der Waals surface area contributed by atoms with E-state index >= 15 is 0 Å². The zero-order valence-corrected chi connectivity index (χ0v) is 10.1. The van der Waals surface area contributed by atoms with Gasteiger partial charge in [0.05, 0.1) is 0 Å². The van der Waals surface area contributed by atoms with Crippen molar-refractivity contribution in [3.8, 4) is 0 Å². The van der Waals surface area contributed by atoms with Gasteiger partial charge < -0.3 is 0 Å². The second-order valence-electron chi connectivity index (χ2n) is 3.99. The fourth-order valence-electron chi connectivity index (χ4n) is 2.83. The van der Waals surface area contributed by atoms with E-state index in [4.69, 9.17) is 0 Å². The summed E-state index contributed by atoms with van der Waals surface area (Å²) in [4.78, 5) is 0. The van der Waals surface area contributed by atoms with Crippen LogP contribution in [0, 0.1) is 0 Å². The van der Waals surface area contributed by atoms with Gasteiger partial charge in [0.25, 0.3) is 0 Å². The van der Waals surface area contributed by atoms with Gasteiger partial charge in [-0.15, -0.1) is 0 Å². The Bertz CT molecular complexity index is 140. The summed E-state index contributed by atoms with van der Waals surface area (Å²) in [5.41, 5.74) is 0. The van der Waals surface area contributed by atoms with Crippen LogP contribution in [0.4, 0.5) is 0 Å². The Kier molecular flexibility index (Phi) is 2.65. The van der Waals surface area contributed by atoms with E-state index in [1.807, 2.05) is 0 Å². The van der Waals surface area contributed by atoms with Crippen LogP contribution in [0.5, 0.6) is 0 Å². The summed E-state index contributed by atoms with van der Waals surface area (Å²) in [6, 6.07) is 0. The molecular formula is C8H14BNTa. The second-order valence-corrected chi connectivity index (χ2v) is 4.82. The van der Waals surface area contributed by atoms with Crippen LogP contribution in [0.1, 0.15) is 38.5 Å². The average Bonchev–Trinajstić information content (AvgIpc) is 2.03. The van der Waals surface area contributed by atoms with Crippen molar-refractivity contribution in [3.05, 3.63) is 0 Å². The molecule has 1 nitrogen and oxygen atoms in total. The molecule has 0 amide bonds. The van der Waals surface area contributed by atoms with Crippen LogP contribution in [-0.4, -0.2) is 6.85 Å². The van der Waals surface area contributed by atoms with Gasteiger partial charge in [-0.1, -0.05) is 0 Å². The first-order valence-electron chi connectivity index (χ1n) is 4.76. The fraction of sp³-hybridized carbons (Fsp3) is 1.00. The first kappa shape index (κ1) is 8.21. The van der Waals surface area contributed by atoms with Crippen LogP contribution in [0.3, 0.4) is 0 Å². The molecule has 0 aromatic carbocycles. The van der Waals surface area contributed by atoms with Crippen molar-refractivity contribution in [2.45, 2.75) is 50.2 Å². The monoisotopic (exact) mass is 316 g/mol. The molecule has 0 aromatic rings. The van der Waals surface area contributed by atoms with Gasteiger partial charge >= 0.3 is 81.1 Å². The first-order chi connectivity index (χ1) is 5.42. The van der Waals surface area contributed by atoms with Crippen LogP contribution in [0.25, 0.3) is 0 Å². The van der Waals surface area contributed by atoms with E-state index < -0.39 is 0 Å². The average molecular weight is 316 g/mol. The summed E-state index contributed by atoms with van der Waals surface area (Å²) in [7, 11) is 0. The first-order valence-corrected chi connectivity index (χ1v) is 6.19. The van der Waals surface area contributed by atoms with E-state index in [1.54, 1.807) is 0 Å². The molecule has 0 radical (unpaired) electrons. The number of hydrogen-bond acceptors (Lipinski definition) is 1. The van der Waals surface area contributed by atoms with Crippen molar-refractivity contribution in [2.75, 3.05) is 0 Å². The molecule has 11 heavy (non-hydrogen) atoms. The number of rotatable bonds is 1. The maximum atomic E-state index is 4.64. The Balaban J connectivity index is 2.10. The molecule has 0 spiro atoms. The zero-order valence-electron chi connectivity index (χ0n) is 6.87. The SMILES string of the molecule is [Ta]=[N]B1C2CCCC1CCC2. The van der Waals surface area contributed by atoms with Gasteiger partial charge in [0.15, 0.2) is 0 Å². The minimum atomic E-state index is 0.797. The summed E-state index contributed by atoms with van der Waals surface area (Å²) in [6.07, 6.45) is 8.87. The second kappa shape index (κ2) is 3.55. The molecule has 0 N–H and O–H groups in total. The Morgan fingerprint density at radius 2 is 1.45 bits per heavy atom. The summed E-state index contributed by atoms with van der Waals surface area (Å²) < 4.78 is 4.64. The predicted molar refractivity (Wildman–Crippen MR) is 43.4 cm³/mol. The third-order valence-electron chi connectivity index (χ3n) is 3.40. The van der Waals surface area contributed by atoms with Gasteiger partial charge in [-0.25, -0.2) is 0 Å². The number of nitrogens with zero attached hydrogens (tertiary/aromatic N) is 1. The van der Waals surface area contributed by atoms with E-state index in [2.05, 4.69) is 3.25 Å². The van der Waals surface area contributed by atoms with Crippen molar-refractivity contribution in [3.63, 3.8) is 0 Å². The van der Waals surface area contributed by atoms with E-state index in [1.165, 1.54) is 59.4 Å². The molecule has 2 heterocycles. The molecule has 2 aliphatic rings. The standard InChI is InChI=1S/C8H14BN.Ta/c10-9-7-3-1-4-8(9)6-2-5-7;/h7-8H,1-6H2;. The summed E-state index contributed by atoms with van der Waals surface area (Å²) in [6.45, 7) is 0.797. The molecule has 0 saturated carbocycles. The molecule has 2 rings (SSSR count). The molecule has 3 heteroatoms. The van der Waals surface area contributed by atoms with E-state index in [-0.39, 0.29) is 0 Å². The molecule has 0 unspecified atom stereocenters. The van der Waals surface area contributed by atoms with Crippen molar-refractivity contribution in [2.24, 2.45) is 3.25 Å². The maximum absolute atomic E-state index is 4.64. The molecule has 2 fully saturated rings. The molecule has 59 valence electrons. The number of fused-ring (bicyclic) bond motifs is 2. The topological polar surface area (TPSA) is 12.4 Å². The van der Waals surface area contributed by atoms with Gasteiger partial charge in [0.1, 0.15) is 0 Å². The summed E-state index contributed by atoms with van der Waals surface area (Å²) >= 11 is 1.26. The van der Waals surface area contributed by atoms with Crippen LogP contribution in [-0.2, 0) is 20.9 Å². The van der Waals surface area contributed by atoms with Gasteiger partial charge in [-0.2, -0.15) is 0 Å². The molecule has 2 bridgehead atoms. The van der Waals surface area contributed by atoms with E-state index in [0.717, 1.165) is 18.5 Å². The minimum absolute atomic E-state index is 0.797. The zero-order chi connectivity index (χ0) is 7.68. The van der Waals surface area contributed by atoms with Crippen LogP contribution in [0.15, 0.2) is 3.25 Å². The Hall–Kier alpha value is 0.605. The fourth-order valence-corrected chi connectivity index (χ4v) is 4.18. The normalized spacial score (nSPS) is 36.8. The van der Waals surface area contributed by atoms with Crippen molar-refractivity contribution >= 4 is 6.85 Å².